The lowest BCUT2D eigenvalue weighted by Gasteiger charge is -2.16. The molecule has 0 aliphatic carbocycles. The first kappa shape index (κ1) is 23.0. The van der Waals surface area contributed by atoms with Gasteiger partial charge in [-0.3, -0.25) is 19.3 Å². The van der Waals surface area contributed by atoms with Crippen LogP contribution in [0.5, 0.6) is 0 Å². The summed E-state index contributed by atoms with van der Waals surface area (Å²) >= 11 is 8.43. The second-order valence-corrected chi connectivity index (χ2v) is 9.11. The van der Waals surface area contributed by atoms with Gasteiger partial charge in [-0.25, -0.2) is 0 Å². The number of carbonyl (C=O) groups excluding carboxylic acids is 3. The predicted octanol–water partition coefficient (Wildman–Crippen LogP) is 5.28. The number of carbonyl (C=O) groups is 3. The third-order valence-corrected chi connectivity index (χ3v) is 6.23. The van der Waals surface area contributed by atoms with E-state index in [-0.39, 0.29) is 23.2 Å². The second-order valence-electron chi connectivity index (χ2n) is 7.49. The third kappa shape index (κ3) is 5.09. The molecule has 166 valence electrons. The van der Waals surface area contributed by atoms with E-state index in [9.17, 15) is 14.4 Å². The highest BCUT2D eigenvalue weighted by Gasteiger charge is 2.38. The number of nitrogens with one attached hydrogen (secondary N) is 2. The average molecular weight is 572 g/mol. The Balaban J connectivity index is 1.53. The molecule has 33 heavy (non-hydrogen) atoms. The summed E-state index contributed by atoms with van der Waals surface area (Å²) in [5.74, 6) is -1.36. The van der Waals surface area contributed by atoms with Crippen LogP contribution in [-0.2, 0) is 16.1 Å². The highest BCUT2D eigenvalue weighted by Crippen LogP contribution is 2.29. The largest absolute Gasteiger partial charge is 0.349 e. The van der Waals surface area contributed by atoms with Crippen molar-refractivity contribution in [2.75, 3.05) is 10.6 Å². The van der Waals surface area contributed by atoms with Gasteiger partial charge in [-0.05, 0) is 77.0 Å². The molecule has 0 radical (unpaired) electrons. The number of hydrogen-bond acceptors (Lipinski definition) is 4. The Morgan fingerprint density at radius 1 is 0.970 bits per heavy atom. The third-order valence-electron chi connectivity index (χ3n) is 5.16. The van der Waals surface area contributed by atoms with Crippen LogP contribution in [0.25, 0.3) is 0 Å². The average Bonchev–Trinajstić information content (AvgIpc) is 3.01. The smallest absolute Gasteiger partial charge is 0.279 e. The number of hydrogen-bond donors (Lipinski definition) is 2. The predicted molar refractivity (Wildman–Crippen MR) is 137 cm³/mol. The Bertz CT molecular complexity index is 1270. The van der Waals surface area contributed by atoms with E-state index in [1.807, 2.05) is 61.5 Å². The number of rotatable bonds is 6. The summed E-state index contributed by atoms with van der Waals surface area (Å²) in [7, 11) is 0. The van der Waals surface area contributed by atoms with Crippen LogP contribution in [-0.4, -0.2) is 22.6 Å². The van der Waals surface area contributed by atoms with Gasteiger partial charge in [-0.15, -0.1) is 0 Å². The van der Waals surface area contributed by atoms with Gasteiger partial charge in [0.1, 0.15) is 10.7 Å². The van der Waals surface area contributed by atoms with E-state index in [1.165, 1.54) is 0 Å². The quantitative estimate of drug-likeness (QED) is 0.312. The van der Waals surface area contributed by atoms with Gasteiger partial charge < -0.3 is 10.6 Å². The van der Waals surface area contributed by atoms with Crippen LogP contribution in [0.2, 0.25) is 0 Å². The number of amides is 3. The minimum atomic E-state index is -0.557. The molecule has 0 aromatic heterocycles. The van der Waals surface area contributed by atoms with E-state index in [0.717, 1.165) is 19.6 Å². The van der Waals surface area contributed by atoms with Gasteiger partial charge in [0.2, 0.25) is 0 Å². The SMILES string of the molecule is Cc1ccc(C(=O)Nc2ccc(I)cc2)cc1NC1=C(Cl)C(=O)N(Cc2ccccc2)C1=O. The zero-order valence-corrected chi connectivity index (χ0v) is 20.5. The highest BCUT2D eigenvalue weighted by atomic mass is 127. The molecule has 0 unspecified atom stereocenters. The highest BCUT2D eigenvalue weighted by molar-refractivity contribution is 14.1. The van der Waals surface area contributed by atoms with Gasteiger partial charge in [-0.2, -0.15) is 0 Å². The van der Waals surface area contributed by atoms with Crippen LogP contribution in [0, 0.1) is 10.5 Å². The monoisotopic (exact) mass is 571 g/mol. The molecular weight excluding hydrogens is 553 g/mol. The molecule has 3 amide bonds. The number of halogens is 2. The maximum atomic E-state index is 13.0. The summed E-state index contributed by atoms with van der Waals surface area (Å²) in [5, 5.41) is 5.65. The van der Waals surface area contributed by atoms with Crippen LogP contribution in [0.1, 0.15) is 21.5 Å². The van der Waals surface area contributed by atoms with Crippen molar-refractivity contribution in [2.24, 2.45) is 0 Å². The van der Waals surface area contributed by atoms with Gasteiger partial charge in [0.15, 0.2) is 0 Å². The molecule has 8 heteroatoms. The van der Waals surface area contributed by atoms with Crippen molar-refractivity contribution in [3.05, 3.63) is 104 Å². The molecule has 2 N–H and O–H groups in total. The molecular formula is C25H19ClIN3O3. The Kier molecular flexibility index (Phi) is 6.80. The Morgan fingerprint density at radius 2 is 1.67 bits per heavy atom. The molecule has 1 aliphatic rings. The van der Waals surface area contributed by atoms with Crippen molar-refractivity contribution < 1.29 is 14.4 Å². The summed E-state index contributed by atoms with van der Waals surface area (Å²) in [6.45, 7) is 1.96. The maximum Gasteiger partial charge on any atom is 0.279 e. The van der Waals surface area contributed by atoms with Gasteiger partial charge in [-0.1, -0.05) is 48.0 Å². The molecule has 6 nitrogen and oxygen atoms in total. The Morgan fingerprint density at radius 3 is 2.36 bits per heavy atom. The lowest BCUT2D eigenvalue weighted by atomic mass is 10.1. The van der Waals surface area contributed by atoms with Gasteiger partial charge in [0.25, 0.3) is 17.7 Å². The summed E-state index contributed by atoms with van der Waals surface area (Å²) in [4.78, 5) is 39.4. The molecule has 0 saturated heterocycles. The van der Waals surface area contributed by atoms with Crippen LogP contribution >= 0.6 is 34.2 Å². The fourth-order valence-electron chi connectivity index (χ4n) is 3.33. The van der Waals surface area contributed by atoms with Crippen LogP contribution < -0.4 is 10.6 Å². The van der Waals surface area contributed by atoms with Crippen LogP contribution in [0.3, 0.4) is 0 Å². The number of nitrogens with zero attached hydrogens (tertiary/aromatic N) is 1. The topological polar surface area (TPSA) is 78.5 Å². The van der Waals surface area contributed by atoms with E-state index in [4.69, 9.17) is 11.6 Å². The van der Waals surface area contributed by atoms with Crippen molar-refractivity contribution in [2.45, 2.75) is 13.5 Å². The lowest BCUT2D eigenvalue weighted by Crippen LogP contribution is -2.31. The van der Waals surface area contributed by atoms with Gasteiger partial charge in [0.05, 0.1) is 6.54 Å². The summed E-state index contributed by atoms with van der Waals surface area (Å²) in [6.07, 6.45) is 0. The van der Waals surface area contributed by atoms with Crippen molar-refractivity contribution in [3.8, 4) is 0 Å². The van der Waals surface area contributed by atoms with E-state index in [2.05, 4.69) is 33.2 Å². The minimum absolute atomic E-state index is 0.00381. The summed E-state index contributed by atoms with van der Waals surface area (Å²) in [6, 6.07) is 21.7. The molecule has 0 saturated carbocycles. The van der Waals surface area contributed by atoms with E-state index in [1.54, 1.807) is 18.2 Å². The number of imide groups is 1. The molecule has 3 aromatic rings. The first-order chi connectivity index (χ1) is 15.8. The number of anilines is 2. The van der Waals surface area contributed by atoms with Gasteiger partial charge in [0, 0.05) is 20.5 Å². The first-order valence-corrected chi connectivity index (χ1v) is 11.5. The molecule has 0 spiro atoms. The zero-order valence-electron chi connectivity index (χ0n) is 17.6. The lowest BCUT2D eigenvalue weighted by molar-refractivity contribution is -0.138. The Hall–Kier alpha value is -3.17. The summed E-state index contributed by atoms with van der Waals surface area (Å²) < 4.78 is 1.06. The number of benzene rings is 3. The van der Waals surface area contributed by atoms with E-state index in [0.29, 0.717) is 16.9 Å². The van der Waals surface area contributed by atoms with Crippen molar-refractivity contribution in [3.63, 3.8) is 0 Å². The normalized spacial score (nSPS) is 13.5. The number of aryl methyl sites for hydroxylation is 1. The van der Waals surface area contributed by atoms with Crippen LogP contribution in [0.15, 0.2) is 83.5 Å². The molecule has 0 bridgehead atoms. The maximum absolute atomic E-state index is 13.0. The Labute approximate surface area is 209 Å². The minimum Gasteiger partial charge on any atom is -0.349 e. The fraction of sp³-hybridized carbons (Fsp3) is 0.0800. The van der Waals surface area contributed by atoms with E-state index >= 15 is 0 Å². The first-order valence-electron chi connectivity index (χ1n) is 10.1. The zero-order chi connectivity index (χ0) is 23.5. The molecule has 0 fully saturated rings. The molecule has 4 rings (SSSR count). The molecule has 3 aromatic carbocycles. The fourth-order valence-corrected chi connectivity index (χ4v) is 3.92. The molecule has 1 aliphatic heterocycles. The van der Waals surface area contributed by atoms with E-state index < -0.39 is 11.8 Å². The molecule has 1 heterocycles. The van der Waals surface area contributed by atoms with Gasteiger partial charge >= 0.3 is 0 Å². The second kappa shape index (κ2) is 9.76. The molecule has 0 atom stereocenters. The van der Waals surface area contributed by atoms with Crippen LogP contribution in [0.4, 0.5) is 11.4 Å². The van der Waals surface area contributed by atoms with Crippen molar-refractivity contribution in [1.82, 2.24) is 4.90 Å². The standard InChI is InChI=1S/C25H19ClIN3O3/c1-15-7-8-17(23(31)28-19-11-9-18(27)10-12-19)13-20(15)29-22-21(26)24(32)30(25(22)33)14-16-5-3-2-4-6-16/h2-13,29H,14H2,1H3,(H,28,31). The van der Waals surface area contributed by atoms with Crippen molar-refractivity contribution in [1.29, 1.82) is 0 Å². The van der Waals surface area contributed by atoms with Crippen molar-refractivity contribution >= 4 is 63.3 Å². The summed E-state index contributed by atoms with van der Waals surface area (Å²) in [5.41, 5.74) is 3.19.